The molecule has 1 unspecified atom stereocenters. The molecule has 0 bridgehead atoms. The lowest BCUT2D eigenvalue weighted by Gasteiger charge is -2.15. The summed E-state index contributed by atoms with van der Waals surface area (Å²) in [6.07, 6.45) is 6.97. The lowest BCUT2D eigenvalue weighted by Crippen LogP contribution is -2.45. The van der Waals surface area contributed by atoms with Gasteiger partial charge in [0.15, 0.2) is 0 Å². The van der Waals surface area contributed by atoms with E-state index >= 15 is 0 Å². The Morgan fingerprint density at radius 1 is 0.900 bits per heavy atom. The number of hydrogen-bond donors (Lipinski definition) is 5. The molecule has 1 aromatic rings. The third-order valence-corrected chi connectivity index (χ3v) is 5.22. The summed E-state index contributed by atoms with van der Waals surface area (Å²) < 4.78 is 0. The number of nitrogens with one attached hydrogen (secondary N) is 4. The standard InChI is InChI=1S/C12H16N2O4.C12H16N2O3.C3H7NO/c15-9-7-13-10(16)4-2-1-3-8-14-11(17)5-6-12(14)18;1-13-10(12(17)14-8-11(15)16)7-9-5-3-2-4-6-9;1-4-2-3-5/h5-6,9H,1-4,7-8H2,(H,13,16);2-6,10,13H,7-8H2,1H3,(H,14,17)(H,15,16);3-4H,2H2,1H3. The molecule has 0 spiro atoms. The minimum atomic E-state index is -1.05. The van der Waals surface area contributed by atoms with Crippen LogP contribution in [0.1, 0.15) is 31.2 Å². The predicted molar refractivity (Wildman–Crippen MR) is 147 cm³/mol. The molecule has 2 rings (SSSR count). The van der Waals surface area contributed by atoms with Crippen LogP contribution in [0.2, 0.25) is 0 Å². The fourth-order valence-corrected chi connectivity index (χ4v) is 3.17. The molecule has 1 aliphatic rings. The number of carboxylic acids is 1. The van der Waals surface area contributed by atoms with E-state index in [2.05, 4.69) is 21.3 Å². The van der Waals surface area contributed by atoms with Crippen molar-refractivity contribution in [2.45, 2.75) is 38.1 Å². The number of nitrogens with zero attached hydrogens (tertiary/aromatic N) is 1. The molecule has 5 N–H and O–H groups in total. The Balaban J connectivity index is 0.000000652. The highest BCUT2D eigenvalue weighted by atomic mass is 16.4. The third-order valence-electron chi connectivity index (χ3n) is 5.22. The maximum atomic E-state index is 11.6. The van der Waals surface area contributed by atoms with Gasteiger partial charge in [-0.05, 0) is 38.9 Å². The van der Waals surface area contributed by atoms with E-state index in [4.69, 9.17) is 5.11 Å². The van der Waals surface area contributed by atoms with Crippen LogP contribution >= 0.6 is 0 Å². The molecule has 0 fully saturated rings. The minimum absolute atomic E-state index is 0.0429. The highest BCUT2D eigenvalue weighted by Gasteiger charge is 2.22. The summed E-state index contributed by atoms with van der Waals surface area (Å²) in [5.74, 6) is -2.06. The van der Waals surface area contributed by atoms with E-state index in [-0.39, 0.29) is 36.7 Å². The summed E-state index contributed by atoms with van der Waals surface area (Å²) in [6.45, 7) is 0.535. The van der Waals surface area contributed by atoms with E-state index in [1.807, 2.05) is 30.3 Å². The van der Waals surface area contributed by atoms with Gasteiger partial charge < -0.3 is 36.0 Å². The van der Waals surface area contributed by atoms with Gasteiger partial charge in [-0.25, -0.2) is 0 Å². The number of unbranched alkanes of at least 4 members (excludes halogenated alkanes) is 2. The van der Waals surface area contributed by atoms with Crippen molar-refractivity contribution in [3.8, 4) is 0 Å². The first kappa shape index (κ1) is 35.8. The van der Waals surface area contributed by atoms with Crippen molar-refractivity contribution in [2.24, 2.45) is 0 Å². The number of rotatable bonds is 16. The Morgan fingerprint density at radius 3 is 2.02 bits per heavy atom. The van der Waals surface area contributed by atoms with Crippen LogP contribution in [0.15, 0.2) is 42.5 Å². The zero-order valence-electron chi connectivity index (χ0n) is 22.9. The number of aldehydes is 2. The van der Waals surface area contributed by atoms with Gasteiger partial charge in [-0.1, -0.05) is 36.8 Å². The van der Waals surface area contributed by atoms with Gasteiger partial charge in [0.1, 0.15) is 19.1 Å². The summed E-state index contributed by atoms with van der Waals surface area (Å²) in [6, 6.07) is 9.14. The maximum Gasteiger partial charge on any atom is 0.322 e. The van der Waals surface area contributed by atoms with Crippen LogP contribution in [0, 0.1) is 0 Å². The molecule has 13 heteroatoms. The molecule has 0 aromatic heterocycles. The van der Waals surface area contributed by atoms with Crippen LogP contribution in [-0.2, 0) is 40.0 Å². The van der Waals surface area contributed by atoms with E-state index in [1.165, 1.54) is 17.1 Å². The monoisotopic (exact) mass is 561 g/mol. The van der Waals surface area contributed by atoms with E-state index in [0.717, 1.165) is 18.3 Å². The number of likely N-dealkylation sites (N-methyl/N-ethyl adjacent to an activating group) is 2. The number of carbonyl (C=O) groups excluding carboxylic acids is 6. The zero-order chi connectivity index (χ0) is 30.2. The van der Waals surface area contributed by atoms with Gasteiger partial charge in [0.05, 0.1) is 19.1 Å². The number of hydrogen-bond acceptors (Lipinski definition) is 9. The summed E-state index contributed by atoms with van der Waals surface area (Å²) >= 11 is 0. The minimum Gasteiger partial charge on any atom is -0.480 e. The highest BCUT2D eigenvalue weighted by molar-refractivity contribution is 6.12. The molecule has 1 aliphatic heterocycles. The lowest BCUT2D eigenvalue weighted by atomic mass is 10.1. The Labute approximate surface area is 233 Å². The Bertz CT molecular complexity index is 966. The number of imide groups is 1. The smallest absolute Gasteiger partial charge is 0.322 e. The normalized spacial score (nSPS) is 12.3. The van der Waals surface area contributed by atoms with Crippen LogP contribution < -0.4 is 21.3 Å². The maximum absolute atomic E-state index is 11.6. The van der Waals surface area contributed by atoms with Crippen molar-refractivity contribution >= 4 is 42.2 Å². The van der Waals surface area contributed by atoms with Crippen LogP contribution in [0.3, 0.4) is 0 Å². The van der Waals surface area contributed by atoms with Crippen molar-refractivity contribution in [2.75, 3.05) is 40.3 Å². The van der Waals surface area contributed by atoms with Crippen LogP contribution in [0.4, 0.5) is 0 Å². The predicted octanol–water partition coefficient (Wildman–Crippen LogP) is -0.790. The summed E-state index contributed by atoms with van der Waals surface area (Å²) in [5, 5.41) is 18.8. The van der Waals surface area contributed by atoms with Gasteiger partial charge in [0.2, 0.25) is 11.8 Å². The molecular formula is C27H39N5O8. The van der Waals surface area contributed by atoms with Gasteiger partial charge in [0.25, 0.3) is 11.8 Å². The SMILES string of the molecule is CNC(Cc1ccccc1)C(=O)NCC(=O)O.CNCC=O.O=CCNC(=O)CCCCCN1C(=O)C=CC1=O. The fourth-order valence-electron chi connectivity index (χ4n) is 3.17. The molecule has 0 radical (unpaired) electrons. The van der Waals surface area contributed by atoms with Gasteiger partial charge >= 0.3 is 5.97 Å². The second-order valence-electron chi connectivity index (χ2n) is 8.31. The Hall–Kier alpha value is -4.23. The summed E-state index contributed by atoms with van der Waals surface area (Å²) in [4.78, 5) is 76.0. The second-order valence-corrected chi connectivity index (χ2v) is 8.31. The molecule has 1 aromatic carbocycles. The van der Waals surface area contributed by atoms with Gasteiger partial charge in [0, 0.05) is 25.1 Å². The van der Waals surface area contributed by atoms with Gasteiger partial charge in [-0.15, -0.1) is 0 Å². The van der Waals surface area contributed by atoms with Crippen molar-refractivity contribution in [3.63, 3.8) is 0 Å². The molecule has 0 aliphatic carbocycles. The first-order valence-corrected chi connectivity index (χ1v) is 12.7. The number of aliphatic carboxylic acids is 1. The molecule has 40 heavy (non-hydrogen) atoms. The van der Waals surface area contributed by atoms with Gasteiger partial charge in [-0.3, -0.25) is 28.9 Å². The van der Waals surface area contributed by atoms with Crippen molar-refractivity contribution < 1.29 is 38.7 Å². The Kier molecular flexibility index (Phi) is 20.3. The number of carboxylic acid groups (broad SMARTS) is 1. The average Bonchev–Trinajstić information content (AvgIpc) is 3.27. The molecule has 1 atom stereocenters. The number of amides is 4. The fraction of sp³-hybridized carbons (Fsp3) is 0.444. The number of carbonyl (C=O) groups is 7. The van der Waals surface area contributed by atoms with E-state index in [0.29, 0.717) is 45.1 Å². The van der Waals surface area contributed by atoms with Crippen molar-refractivity contribution in [1.29, 1.82) is 0 Å². The molecule has 1 heterocycles. The Morgan fingerprint density at radius 2 is 1.52 bits per heavy atom. The highest BCUT2D eigenvalue weighted by Crippen LogP contribution is 2.07. The average molecular weight is 562 g/mol. The third kappa shape index (κ3) is 17.3. The van der Waals surface area contributed by atoms with Crippen molar-refractivity contribution in [3.05, 3.63) is 48.0 Å². The number of benzene rings is 1. The van der Waals surface area contributed by atoms with E-state index in [1.54, 1.807) is 14.1 Å². The summed E-state index contributed by atoms with van der Waals surface area (Å²) in [7, 11) is 3.41. The molecular weight excluding hydrogens is 522 g/mol. The first-order chi connectivity index (χ1) is 19.2. The van der Waals surface area contributed by atoms with E-state index in [9.17, 15) is 33.6 Å². The quantitative estimate of drug-likeness (QED) is 0.0971. The van der Waals surface area contributed by atoms with Gasteiger partial charge in [-0.2, -0.15) is 0 Å². The first-order valence-electron chi connectivity index (χ1n) is 12.7. The second kappa shape index (κ2) is 22.7. The molecule has 0 saturated heterocycles. The molecule has 220 valence electrons. The largest absolute Gasteiger partial charge is 0.480 e. The van der Waals surface area contributed by atoms with Crippen molar-refractivity contribution in [1.82, 2.24) is 26.2 Å². The zero-order valence-corrected chi connectivity index (χ0v) is 22.9. The molecule has 0 saturated carbocycles. The van der Waals surface area contributed by atoms with Crippen LogP contribution in [-0.4, -0.2) is 98.5 Å². The molecule has 13 nitrogen and oxygen atoms in total. The summed E-state index contributed by atoms with van der Waals surface area (Å²) in [5.41, 5.74) is 1.03. The molecule has 4 amide bonds. The van der Waals surface area contributed by atoms with Crippen LogP contribution in [0.25, 0.3) is 0 Å². The van der Waals surface area contributed by atoms with E-state index < -0.39 is 12.0 Å². The topological polar surface area (TPSA) is 191 Å². The lowest BCUT2D eigenvalue weighted by molar-refractivity contribution is -0.138. The van der Waals surface area contributed by atoms with Crippen LogP contribution in [0.5, 0.6) is 0 Å².